The Labute approximate surface area is 66.9 Å². The molecule has 0 aromatic heterocycles. The minimum atomic E-state index is 1.07. The third-order valence-corrected chi connectivity index (χ3v) is 2.51. The fraction of sp³-hybridized carbons (Fsp3) is 0.778. The second-order valence-corrected chi connectivity index (χ2v) is 3.71. The molecule has 1 unspecified atom stereocenters. The van der Waals surface area contributed by atoms with E-state index < -0.39 is 0 Å². The summed E-state index contributed by atoms with van der Waals surface area (Å²) in [5.74, 6) is 2.33. The zero-order chi connectivity index (χ0) is 7.66. The topological polar surface area (TPSA) is 0 Å². The number of allylic oxidation sites excluding steroid dienone is 1. The van der Waals surface area contributed by atoms with Gasteiger partial charge in [0, 0.05) is 0 Å². The second kappa shape index (κ2) is 9.17. The van der Waals surface area contributed by atoms with Crippen LogP contribution < -0.4 is 0 Å². The molecule has 60 valence electrons. The van der Waals surface area contributed by atoms with Crippen molar-refractivity contribution in [3.8, 4) is 0 Å². The highest BCUT2D eigenvalue weighted by atomic mass is 31.1. The summed E-state index contributed by atoms with van der Waals surface area (Å²) in [6.07, 6.45) is 9.05. The van der Waals surface area contributed by atoms with E-state index in [2.05, 4.69) is 25.7 Å². The minimum absolute atomic E-state index is 1.07. The molecule has 0 nitrogen and oxygen atoms in total. The van der Waals surface area contributed by atoms with Crippen LogP contribution in [-0.4, -0.2) is 6.16 Å². The summed E-state index contributed by atoms with van der Waals surface area (Å²) < 4.78 is 0. The predicted molar refractivity (Wildman–Crippen MR) is 52.1 cm³/mol. The molecular weight excluding hydrogens is 139 g/mol. The largest absolute Gasteiger partial charge is 0.0987 e. The lowest BCUT2D eigenvalue weighted by Gasteiger charge is -1.93. The van der Waals surface area contributed by atoms with E-state index in [4.69, 9.17) is 0 Å². The Balaban J connectivity index is 2.83. The van der Waals surface area contributed by atoms with E-state index >= 15 is 0 Å². The standard InChI is InChI=1S/C9H19P/c1-3-5-7-9-10-8-6-4-2/h6,8,10H,3-5,7,9H2,1-2H3/b8-6+. The zero-order valence-corrected chi connectivity index (χ0v) is 8.19. The zero-order valence-electron chi connectivity index (χ0n) is 7.19. The van der Waals surface area contributed by atoms with E-state index in [-0.39, 0.29) is 0 Å². The van der Waals surface area contributed by atoms with Crippen molar-refractivity contribution in [1.29, 1.82) is 0 Å². The fourth-order valence-corrected chi connectivity index (χ4v) is 1.78. The molecule has 0 aliphatic heterocycles. The van der Waals surface area contributed by atoms with Crippen LogP contribution in [0.1, 0.15) is 39.5 Å². The lowest BCUT2D eigenvalue weighted by Crippen LogP contribution is -1.73. The van der Waals surface area contributed by atoms with E-state index in [9.17, 15) is 0 Å². The molecule has 0 saturated carbocycles. The maximum Gasteiger partial charge on any atom is -0.0319 e. The third kappa shape index (κ3) is 8.17. The normalized spacial score (nSPS) is 12.2. The van der Waals surface area contributed by atoms with E-state index in [1.807, 2.05) is 0 Å². The molecule has 0 aromatic carbocycles. The number of hydrogen-bond acceptors (Lipinski definition) is 0. The van der Waals surface area contributed by atoms with Gasteiger partial charge in [0.2, 0.25) is 0 Å². The van der Waals surface area contributed by atoms with E-state index in [0.717, 1.165) is 8.58 Å². The SMILES string of the molecule is CC/C=C/PCCCCC. The number of hydrogen-bond donors (Lipinski definition) is 0. The molecule has 1 heteroatoms. The van der Waals surface area contributed by atoms with Gasteiger partial charge >= 0.3 is 0 Å². The summed E-state index contributed by atoms with van der Waals surface area (Å²) >= 11 is 0. The van der Waals surface area contributed by atoms with E-state index in [1.54, 1.807) is 0 Å². The fourth-order valence-electron chi connectivity index (χ4n) is 0.762. The Bertz CT molecular complexity index is 76.8. The Morgan fingerprint density at radius 1 is 1.20 bits per heavy atom. The molecule has 0 rings (SSSR count). The van der Waals surface area contributed by atoms with Crippen molar-refractivity contribution in [2.75, 3.05) is 6.16 Å². The van der Waals surface area contributed by atoms with Crippen LogP contribution in [0.25, 0.3) is 0 Å². The van der Waals surface area contributed by atoms with Crippen LogP contribution in [0.5, 0.6) is 0 Å². The number of rotatable bonds is 6. The Hall–Kier alpha value is 0.170. The van der Waals surface area contributed by atoms with Crippen LogP contribution in [0.3, 0.4) is 0 Å². The Morgan fingerprint density at radius 3 is 2.60 bits per heavy atom. The van der Waals surface area contributed by atoms with Crippen molar-refractivity contribution in [3.63, 3.8) is 0 Å². The first kappa shape index (κ1) is 10.2. The van der Waals surface area contributed by atoms with Crippen LogP contribution >= 0.6 is 8.58 Å². The van der Waals surface area contributed by atoms with Gasteiger partial charge in [0.1, 0.15) is 0 Å². The summed E-state index contributed by atoms with van der Waals surface area (Å²) in [5, 5.41) is 0. The molecule has 0 N–H and O–H groups in total. The van der Waals surface area contributed by atoms with Gasteiger partial charge in [-0.3, -0.25) is 0 Å². The molecule has 0 radical (unpaired) electrons. The third-order valence-electron chi connectivity index (χ3n) is 1.40. The predicted octanol–water partition coefficient (Wildman–Crippen LogP) is 3.78. The van der Waals surface area contributed by atoms with Crippen LogP contribution in [0.4, 0.5) is 0 Å². The minimum Gasteiger partial charge on any atom is -0.0987 e. The van der Waals surface area contributed by atoms with Gasteiger partial charge < -0.3 is 0 Å². The van der Waals surface area contributed by atoms with Crippen molar-refractivity contribution in [2.45, 2.75) is 39.5 Å². The van der Waals surface area contributed by atoms with Gasteiger partial charge in [-0.15, -0.1) is 0 Å². The van der Waals surface area contributed by atoms with E-state index in [0.29, 0.717) is 0 Å². The highest BCUT2D eigenvalue weighted by Gasteiger charge is 1.82. The quantitative estimate of drug-likeness (QED) is 0.407. The number of unbranched alkanes of at least 4 members (excludes halogenated alkanes) is 2. The lowest BCUT2D eigenvalue weighted by atomic mass is 10.3. The first-order valence-corrected chi connectivity index (χ1v) is 5.58. The molecule has 0 heterocycles. The summed E-state index contributed by atoms with van der Waals surface area (Å²) in [6.45, 7) is 4.44. The van der Waals surface area contributed by atoms with Crippen molar-refractivity contribution in [1.82, 2.24) is 0 Å². The monoisotopic (exact) mass is 158 g/mol. The van der Waals surface area contributed by atoms with Gasteiger partial charge in [-0.25, -0.2) is 0 Å². The summed E-state index contributed by atoms with van der Waals surface area (Å²) in [5.41, 5.74) is 0. The Morgan fingerprint density at radius 2 is 2.00 bits per heavy atom. The molecule has 0 fully saturated rings. The molecule has 0 spiro atoms. The maximum absolute atomic E-state index is 2.33. The van der Waals surface area contributed by atoms with Crippen LogP contribution in [-0.2, 0) is 0 Å². The van der Waals surface area contributed by atoms with Crippen LogP contribution in [0.15, 0.2) is 11.9 Å². The highest BCUT2D eigenvalue weighted by molar-refractivity contribution is 7.41. The van der Waals surface area contributed by atoms with Gasteiger partial charge in [-0.05, 0) is 19.0 Å². The van der Waals surface area contributed by atoms with Gasteiger partial charge in [0.25, 0.3) is 0 Å². The van der Waals surface area contributed by atoms with Gasteiger partial charge in [0.05, 0.1) is 0 Å². The van der Waals surface area contributed by atoms with Crippen molar-refractivity contribution in [2.24, 2.45) is 0 Å². The first-order valence-electron chi connectivity index (χ1n) is 4.30. The lowest BCUT2D eigenvalue weighted by molar-refractivity contribution is 0.778. The smallest absolute Gasteiger partial charge is 0.0319 e. The van der Waals surface area contributed by atoms with Crippen molar-refractivity contribution in [3.05, 3.63) is 11.9 Å². The molecule has 0 bridgehead atoms. The van der Waals surface area contributed by atoms with Crippen LogP contribution in [0.2, 0.25) is 0 Å². The highest BCUT2D eigenvalue weighted by Crippen LogP contribution is 2.14. The van der Waals surface area contributed by atoms with Gasteiger partial charge in [-0.1, -0.05) is 47.2 Å². The van der Waals surface area contributed by atoms with Crippen LogP contribution in [0, 0.1) is 0 Å². The average Bonchev–Trinajstić information content (AvgIpc) is 1.97. The van der Waals surface area contributed by atoms with Crippen molar-refractivity contribution < 1.29 is 0 Å². The van der Waals surface area contributed by atoms with Gasteiger partial charge in [0.15, 0.2) is 0 Å². The molecule has 0 aliphatic rings. The summed E-state index contributed by atoms with van der Waals surface area (Å²) in [7, 11) is 1.07. The molecule has 1 atom stereocenters. The average molecular weight is 158 g/mol. The van der Waals surface area contributed by atoms with E-state index in [1.165, 1.54) is 31.8 Å². The molecule has 0 saturated heterocycles. The summed E-state index contributed by atoms with van der Waals surface area (Å²) in [6, 6.07) is 0. The maximum atomic E-state index is 2.33. The summed E-state index contributed by atoms with van der Waals surface area (Å²) in [4.78, 5) is 0. The first-order chi connectivity index (χ1) is 4.91. The second-order valence-electron chi connectivity index (χ2n) is 2.47. The molecule has 10 heavy (non-hydrogen) atoms. The molecule has 0 amide bonds. The molecule has 0 aliphatic carbocycles. The van der Waals surface area contributed by atoms with Crippen molar-refractivity contribution >= 4 is 8.58 Å². The van der Waals surface area contributed by atoms with Gasteiger partial charge in [-0.2, -0.15) is 0 Å². The molecular formula is C9H19P. The molecule has 0 aromatic rings. The Kier molecular flexibility index (Phi) is 9.33.